The minimum Gasteiger partial charge on any atom is -0.478 e. The van der Waals surface area contributed by atoms with Gasteiger partial charge in [-0.05, 0) is 25.7 Å². The summed E-state index contributed by atoms with van der Waals surface area (Å²) in [7, 11) is 1.52. The van der Waals surface area contributed by atoms with Gasteiger partial charge in [0.2, 0.25) is 5.91 Å². The number of hydrogen-bond acceptors (Lipinski definition) is 2. The number of carboxylic acid groups (broad SMARTS) is 1. The van der Waals surface area contributed by atoms with E-state index in [9.17, 15) is 9.59 Å². The third kappa shape index (κ3) is 2.08. The topological polar surface area (TPSA) is 66.4 Å². The molecule has 1 rings (SSSR count). The summed E-state index contributed by atoms with van der Waals surface area (Å²) in [6.07, 6.45) is 2.86. The van der Waals surface area contributed by atoms with Gasteiger partial charge in [-0.3, -0.25) is 4.79 Å². The maximum atomic E-state index is 11.2. The van der Waals surface area contributed by atoms with Gasteiger partial charge in [0.15, 0.2) is 0 Å². The number of amides is 1. The molecule has 1 amide bonds. The lowest BCUT2D eigenvalue weighted by atomic mass is 9.91. The Bertz CT molecular complexity index is 268. The molecule has 0 saturated carbocycles. The van der Waals surface area contributed by atoms with Crippen LogP contribution in [0.5, 0.6) is 0 Å². The molecule has 0 fully saturated rings. The van der Waals surface area contributed by atoms with E-state index in [1.165, 1.54) is 7.05 Å². The zero-order valence-electron chi connectivity index (χ0n) is 7.59. The largest absolute Gasteiger partial charge is 0.478 e. The Morgan fingerprint density at radius 1 is 1.23 bits per heavy atom. The van der Waals surface area contributed by atoms with Crippen molar-refractivity contribution in [2.24, 2.45) is 0 Å². The average Bonchev–Trinajstić information content (AvgIpc) is 2.16. The molecule has 0 heterocycles. The summed E-state index contributed by atoms with van der Waals surface area (Å²) in [5.41, 5.74) is 0.729. The van der Waals surface area contributed by atoms with E-state index < -0.39 is 5.97 Å². The molecule has 72 valence electrons. The van der Waals surface area contributed by atoms with Crippen molar-refractivity contribution < 1.29 is 14.7 Å². The van der Waals surface area contributed by atoms with Crippen LogP contribution in [0.4, 0.5) is 0 Å². The van der Waals surface area contributed by atoms with Crippen LogP contribution in [0, 0.1) is 0 Å². The van der Waals surface area contributed by atoms with Crippen molar-refractivity contribution in [2.75, 3.05) is 7.05 Å². The third-order valence-corrected chi connectivity index (χ3v) is 2.23. The van der Waals surface area contributed by atoms with Crippen LogP contribution in [0.2, 0.25) is 0 Å². The standard InChI is InChI=1S/C9H13NO3/c1-10-8(11)6-4-2-3-5-7(6)9(12)13/h2-5H2,1H3,(H,10,11)(H,12,13). The summed E-state index contributed by atoms with van der Waals surface area (Å²) in [6.45, 7) is 0. The molecule has 1 aliphatic carbocycles. The molecule has 0 bridgehead atoms. The van der Waals surface area contributed by atoms with Crippen molar-refractivity contribution in [3.8, 4) is 0 Å². The first-order valence-corrected chi connectivity index (χ1v) is 4.34. The van der Waals surface area contributed by atoms with E-state index in [1.807, 2.05) is 0 Å². The smallest absolute Gasteiger partial charge is 0.332 e. The summed E-state index contributed by atoms with van der Waals surface area (Å²) < 4.78 is 0. The number of nitrogens with one attached hydrogen (secondary N) is 1. The van der Waals surface area contributed by atoms with E-state index in [4.69, 9.17) is 5.11 Å². The van der Waals surface area contributed by atoms with Crippen molar-refractivity contribution in [1.82, 2.24) is 5.32 Å². The molecular weight excluding hydrogens is 170 g/mol. The Hall–Kier alpha value is -1.32. The molecule has 0 aromatic rings. The zero-order valence-corrected chi connectivity index (χ0v) is 7.59. The van der Waals surface area contributed by atoms with Crippen LogP contribution in [0.1, 0.15) is 25.7 Å². The monoisotopic (exact) mass is 183 g/mol. The molecule has 0 radical (unpaired) electrons. The second-order valence-corrected chi connectivity index (χ2v) is 3.05. The van der Waals surface area contributed by atoms with Gasteiger partial charge in [-0.15, -0.1) is 0 Å². The van der Waals surface area contributed by atoms with Gasteiger partial charge in [0, 0.05) is 18.2 Å². The van der Waals surface area contributed by atoms with Crippen molar-refractivity contribution in [3.05, 3.63) is 11.1 Å². The highest BCUT2D eigenvalue weighted by Crippen LogP contribution is 2.24. The van der Waals surface area contributed by atoms with Gasteiger partial charge in [-0.25, -0.2) is 4.79 Å². The first-order chi connectivity index (χ1) is 6.16. The Morgan fingerprint density at radius 2 is 1.77 bits per heavy atom. The Kier molecular flexibility index (Phi) is 3.06. The van der Waals surface area contributed by atoms with Crippen LogP contribution < -0.4 is 5.32 Å². The third-order valence-electron chi connectivity index (χ3n) is 2.23. The highest BCUT2D eigenvalue weighted by molar-refractivity contribution is 6.02. The van der Waals surface area contributed by atoms with Gasteiger partial charge in [-0.1, -0.05) is 0 Å². The quantitative estimate of drug-likeness (QED) is 0.661. The number of carbonyl (C=O) groups excluding carboxylic acids is 1. The Balaban J connectivity index is 2.96. The van der Waals surface area contributed by atoms with Gasteiger partial charge >= 0.3 is 5.97 Å². The Morgan fingerprint density at radius 3 is 2.23 bits per heavy atom. The fraction of sp³-hybridized carbons (Fsp3) is 0.556. The lowest BCUT2D eigenvalue weighted by Gasteiger charge is -2.15. The SMILES string of the molecule is CNC(=O)C1=C(C(=O)O)CCCC1. The number of carbonyl (C=O) groups is 2. The van der Waals surface area contributed by atoms with E-state index in [-0.39, 0.29) is 11.5 Å². The van der Waals surface area contributed by atoms with Gasteiger partial charge in [-0.2, -0.15) is 0 Å². The summed E-state index contributed by atoms with van der Waals surface area (Å²) in [4.78, 5) is 22.0. The molecule has 0 unspecified atom stereocenters. The van der Waals surface area contributed by atoms with Gasteiger partial charge in [0.1, 0.15) is 0 Å². The lowest BCUT2D eigenvalue weighted by molar-refractivity contribution is -0.133. The van der Waals surface area contributed by atoms with E-state index in [2.05, 4.69) is 5.32 Å². The second kappa shape index (κ2) is 4.07. The maximum Gasteiger partial charge on any atom is 0.332 e. The molecule has 0 spiro atoms. The minimum atomic E-state index is -0.960. The normalized spacial score (nSPS) is 17.0. The van der Waals surface area contributed by atoms with E-state index in [0.717, 1.165) is 12.8 Å². The van der Waals surface area contributed by atoms with Crippen molar-refractivity contribution in [2.45, 2.75) is 25.7 Å². The van der Waals surface area contributed by atoms with Crippen molar-refractivity contribution in [3.63, 3.8) is 0 Å². The molecule has 0 aromatic heterocycles. The molecule has 4 heteroatoms. The molecule has 2 N–H and O–H groups in total. The summed E-state index contributed by atoms with van der Waals surface area (Å²) >= 11 is 0. The molecule has 0 saturated heterocycles. The van der Waals surface area contributed by atoms with Crippen molar-refractivity contribution in [1.29, 1.82) is 0 Å². The maximum absolute atomic E-state index is 11.2. The highest BCUT2D eigenvalue weighted by atomic mass is 16.4. The number of rotatable bonds is 2. The van der Waals surface area contributed by atoms with E-state index >= 15 is 0 Å². The highest BCUT2D eigenvalue weighted by Gasteiger charge is 2.22. The fourth-order valence-corrected chi connectivity index (χ4v) is 1.54. The van der Waals surface area contributed by atoms with Crippen LogP contribution in [0.3, 0.4) is 0 Å². The number of likely N-dealkylation sites (N-methyl/N-ethyl adjacent to an activating group) is 1. The molecule has 0 aliphatic heterocycles. The van der Waals surface area contributed by atoms with Crippen LogP contribution in [0.25, 0.3) is 0 Å². The predicted molar refractivity (Wildman–Crippen MR) is 47.2 cm³/mol. The lowest BCUT2D eigenvalue weighted by Crippen LogP contribution is -2.24. The summed E-state index contributed by atoms with van der Waals surface area (Å²) in [5.74, 6) is -1.21. The molecule has 4 nitrogen and oxygen atoms in total. The zero-order chi connectivity index (χ0) is 9.84. The number of hydrogen-bond donors (Lipinski definition) is 2. The molecule has 0 aromatic carbocycles. The van der Waals surface area contributed by atoms with Gasteiger partial charge in [0.25, 0.3) is 0 Å². The molecule has 1 aliphatic rings. The van der Waals surface area contributed by atoms with Gasteiger partial charge in [0.05, 0.1) is 0 Å². The van der Waals surface area contributed by atoms with Crippen LogP contribution in [-0.2, 0) is 9.59 Å². The van der Waals surface area contributed by atoms with Crippen LogP contribution >= 0.6 is 0 Å². The van der Waals surface area contributed by atoms with Crippen molar-refractivity contribution >= 4 is 11.9 Å². The van der Waals surface area contributed by atoms with Crippen LogP contribution in [0.15, 0.2) is 11.1 Å². The first kappa shape index (κ1) is 9.77. The second-order valence-electron chi connectivity index (χ2n) is 3.05. The summed E-state index contributed by atoms with van der Waals surface area (Å²) in [6, 6.07) is 0. The fourth-order valence-electron chi connectivity index (χ4n) is 1.54. The molecular formula is C9H13NO3. The number of carboxylic acids is 1. The summed E-state index contributed by atoms with van der Waals surface area (Å²) in [5, 5.41) is 11.3. The van der Waals surface area contributed by atoms with Crippen LogP contribution in [-0.4, -0.2) is 24.0 Å². The molecule has 13 heavy (non-hydrogen) atoms. The average molecular weight is 183 g/mol. The van der Waals surface area contributed by atoms with E-state index in [0.29, 0.717) is 18.4 Å². The Labute approximate surface area is 76.6 Å². The molecule has 0 atom stereocenters. The van der Waals surface area contributed by atoms with Gasteiger partial charge < -0.3 is 10.4 Å². The minimum absolute atomic E-state index is 0.253. The van der Waals surface area contributed by atoms with E-state index in [1.54, 1.807) is 0 Å². The number of aliphatic carboxylic acids is 1. The predicted octanol–water partition coefficient (Wildman–Crippen LogP) is 0.688. The first-order valence-electron chi connectivity index (χ1n) is 4.34.